The van der Waals surface area contributed by atoms with Gasteiger partial charge in [-0.25, -0.2) is 0 Å². The van der Waals surface area contributed by atoms with Crippen molar-refractivity contribution in [3.05, 3.63) is 44.1 Å². The van der Waals surface area contributed by atoms with Crippen LogP contribution in [0.1, 0.15) is 5.56 Å². The minimum atomic E-state index is -2.47. The lowest BCUT2D eigenvalue weighted by atomic mass is 9.95. The second-order valence-corrected chi connectivity index (χ2v) is 15.3. The zero-order chi connectivity index (χ0) is 34.1. The molecule has 0 aromatic heterocycles. The fourth-order valence-electron chi connectivity index (χ4n) is 4.83. The number of carboxylic acids is 1. The molecule has 2 fully saturated rings. The molecule has 2 saturated heterocycles. The molecular weight excluding hydrogens is 1070 g/mol. The maximum atomic E-state index is 12.2. The van der Waals surface area contributed by atoms with Crippen LogP contribution in [0.5, 0.6) is 17.2 Å². The Kier molecular flexibility index (Phi) is 13.8. The number of phenols is 1. The Labute approximate surface area is 316 Å². The summed E-state index contributed by atoms with van der Waals surface area (Å²) >= 11 is 8.14. The summed E-state index contributed by atoms with van der Waals surface area (Å²) in [7, 11) is 0. The van der Waals surface area contributed by atoms with Crippen molar-refractivity contribution in [2.24, 2.45) is 0 Å². The molecule has 10 atom stereocenters. The Morgan fingerprint density at radius 3 is 2.15 bits per heavy atom. The van der Waals surface area contributed by atoms with E-state index in [9.17, 15) is 50.8 Å². The fourth-order valence-corrected chi connectivity index (χ4v) is 8.66. The number of hydrogen-bond donors (Lipinski definition) is 10. The first-order valence-electron chi connectivity index (χ1n) is 13.5. The summed E-state index contributed by atoms with van der Waals surface area (Å²) in [5.74, 6) is -2.52. The molecule has 0 radical (unpaired) electrons. The van der Waals surface area contributed by atoms with E-state index in [0.29, 0.717) is 31.3 Å². The van der Waals surface area contributed by atoms with Gasteiger partial charge in [-0.2, -0.15) is 0 Å². The lowest BCUT2D eigenvalue weighted by molar-refractivity contribution is -0.367. The summed E-state index contributed by atoms with van der Waals surface area (Å²) in [6, 6.07) is 5.59. The van der Waals surface area contributed by atoms with E-state index in [1.54, 1.807) is 24.3 Å². The molecule has 0 saturated carbocycles. The Bertz CT molecular complexity index is 1360. The first-order chi connectivity index (χ1) is 21.6. The maximum Gasteiger partial charge on any atom is 0.321 e. The quantitative estimate of drug-likeness (QED) is 0.131. The molecule has 15 nitrogen and oxygen atoms in total. The number of carbonyl (C=O) groups is 1. The number of aliphatic hydroxyl groups excluding tert-OH is 6. The van der Waals surface area contributed by atoms with E-state index in [1.165, 1.54) is 0 Å². The van der Waals surface area contributed by atoms with Gasteiger partial charge in [-0.1, -0.05) is 0 Å². The van der Waals surface area contributed by atoms with Crippen LogP contribution in [-0.4, -0.2) is 133 Å². The summed E-state index contributed by atoms with van der Waals surface area (Å²) in [6.45, 7) is -1.93. The Balaban J connectivity index is 1.44. The number of aliphatic carboxylic acids is 1. The van der Waals surface area contributed by atoms with E-state index < -0.39 is 86.6 Å². The van der Waals surface area contributed by atoms with E-state index in [4.69, 9.17) is 18.9 Å². The molecule has 2 aliphatic rings. The average Bonchev–Trinajstić information content (AvgIpc) is 3.00. The summed E-state index contributed by atoms with van der Waals surface area (Å²) in [4.78, 5) is 12.2. The molecule has 19 heteroatoms. The number of hydrogen-bond acceptors (Lipinski definition) is 14. The second kappa shape index (κ2) is 16.3. The highest BCUT2D eigenvalue weighted by Gasteiger charge is 2.53. The van der Waals surface area contributed by atoms with Crippen LogP contribution in [0.4, 0.5) is 0 Å². The van der Waals surface area contributed by atoms with Gasteiger partial charge in [0, 0.05) is 0 Å². The second-order valence-electron chi connectivity index (χ2n) is 10.7. The average molecular weight is 1100 g/mol. The van der Waals surface area contributed by atoms with Gasteiger partial charge in [0.15, 0.2) is 12.0 Å². The van der Waals surface area contributed by atoms with Crippen LogP contribution in [0.3, 0.4) is 0 Å². The summed E-state index contributed by atoms with van der Waals surface area (Å²) in [6.07, 6.45) is -13.6. The minimum absolute atomic E-state index is 0.0454. The van der Waals surface area contributed by atoms with Gasteiger partial charge in [0.25, 0.3) is 0 Å². The van der Waals surface area contributed by atoms with Gasteiger partial charge in [0.05, 0.1) is 34.0 Å². The Morgan fingerprint density at radius 1 is 0.978 bits per heavy atom. The van der Waals surface area contributed by atoms with E-state index >= 15 is 0 Å². The van der Waals surface area contributed by atoms with Crippen molar-refractivity contribution in [2.45, 2.75) is 67.3 Å². The van der Waals surface area contributed by atoms with E-state index in [-0.39, 0.29) is 12.2 Å². The molecule has 4 rings (SSSR count). The highest BCUT2D eigenvalue weighted by molar-refractivity contribution is 14.1. The highest BCUT2D eigenvalue weighted by Crippen LogP contribution is 2.37. The highest BCUT2D eigenvalue weighted by atomic mass is 127. The molecule has 0 bridgehead atoms. The number of nitrogens with one attached hydrogen (secondary N) is 1. The Morgan fingerprint density at radius 2 is 1.59 bits per heavy atom. The molecule has 0 aliphatic carbocycles. The summed E-state index contributed by atoms with van der Waals surface area (Å²) in [5.41, 5.74) is 0.618. The third-order valence-electron chi connectivity index (χ3n) is 7.40. The van der Waals surface area contributed by atoms with E-state index in [1.807, 2.05) is 45.2 Å². The smallest absolute Gasteiger partial charge is 0.321 e. The largest absolute Gasteiger partial charge is 0.506 e. The van der Waals surface area contributed by atoms with Gasteiger partial charge in [0.1, 0.15) is 60.3 Å². The molecule has 2 aromatic rings. The number of benzene rings is 2. The maximum absolute atomic E-state index is 12.2. The lowest BCUT2D eigenvalue weighted by Gasteiger charge is -2.47. The summed E-state index contributed by atoms with van der Waals surface area (Å²) in [5, 5.41) is 94.9. The van der Waals surface area contributed by atoms with Crippen molar-refractivity contribution >= 4 is 96.3 Å². The van der Waals surface area contributed by atoms with Crippen molar-refractivity contribution in [2.75, 3.05) is 19.8 Å². The minimum Gasteiger partial charge on any atom is -0.506 e. The molecular formula is C27H31I4NO14. The zero-order valence-electron chi connectivity index (χ0n) is 23.4. The van der Waals surface area contributed by atoms with Crippen molar-refractivity contribution in [1.82, 2.24) is 5.32 Å². The number of aliphatic hydroxyl groups is 7. The molecule has 0 amide bonds. The van der Waals surface area contributed by atoms with Crippen LogP contribution < -0.4 is 10.1 Å². The normalized spacial score (nSPS) is 32.2. The van der Waals surface area contributed by atoms with Gasteiger partial charge in [-0.05, 0) is 127 Å². The SMILES string of the molecule is O=C(O)[C@H](Cc1cc(I)c(Oc2cc(I)c(O)c(I)c2)c(I)c1)NC[C@]1(O)OCC(O)[C@H](O[C@@H]2O[C@H](CO)[C@H](O)[C@H](O)[C@H]2O)[C@@H]1O. The third-order valence-corrected chi connectivity index (χ3v) is 10.7. The van der Waals surface area contributed by atoms with Gasteiger partial charge in [0.2, 0.25) is 5.79 Å². The van der Waals surface area contributed by atoms with Crippen molar-refractivity contribution in [3.63, 3.8) is 0 Å². The van der Waals surface area contributed by atoms with Crippen molar-refractivity contribution in [3.8, 4) is 17.2 Å². The molecule has 1 unspecified atom stereocenters. The monoisotopic (exact) mass is 1100 g/mol. The first-order valence-corrected chi connectivity index (χ1v) is 17.9. The Hall–Kier alpha value is -0.0100. The van der Waals surface area contributed by atoms with Gasteiger partial charge >= 0.3 is 5.97 Å². The van der Waals surface area contributed by atoms with Crippen LogP contribution >= 0.6 is 90.4 Å². The van der Waals surface area contributed by atoms with Crippen LogP contribution in [0, 0.1) is 14.3 Å². The van der Waals surface area contributed by atoms with Crippen LogP contribution in [0.25, 0.3) is 0 Å². The van der Waals surface area contributed by atoms with Crippen LogP contribution in [0.2, 0.25) is 0 Å². The van der Waals surface area contributed by atoms with E-state index in [2.05, 4.69) is 50.5 Å². The van der Waals surface area contributed by atoms with Crippen LogP contribution in [-0.2, 0) is 25.4 Å². The molecule has 256 valence electrons. The molecule has 0 spiro atoms. The fraction of sp³-hybridized carbons (Fsp3) is 0.519. The predicted octanol–water partition coefficient (Wildman–Crippen LogP) is -0.186. The van der Waals surface area contributed by atoms with Crippen LogP contribution in [0.15, 0.2) is 24.3 Å². The van der Waals surface area contributed by atoms with Gasteiger partial charge < -0.3 is 64.9 Å². The summed E-state index contributed by atoms with van der Waals surface area (Å²) < 4.78 is 24.8. The number of aromatic hydroxyl groups is 1. The van der Waals surface area contributed by atoms with Gasteiger partial charge in [-0.3, -0.25) is 10.1 Å². The standard InChI is InChI=1S/C27H31I4NO14/c28-11-4-10(5-12(29)18(11)35)44-22-13(30)1-9(2-14(22)31)3-15(25(40)41)32-8-27(42)24(39)23(16(34)7-43-27)46-26-21(38)20(37)19(36)17(6-33)45-26/h1-2,4-5,15-17,19-21,23-24,26,32-39,42H,3,6-8H2,(H,40,41)/t15-,16?,17+,19-,20-,21+,23-,24-,26-,27-/m0/s1. The molecule has 10 N–H and O–H groups in total. The first kappa shape index (κ1) is 38.8. The van der Waals surface area contributed by atoms with Crippen molar-refractivity contribution in [1.29, 1.82) is 0 Å². The third kappa shape index (κ3) is 8.82. The number of phenolic OH excluding ortho intramolecular Hbond substituents is 1. The molecule has 46 heavy (non-hydrogen) atoms. The zero-order valence-corrected chi connectivity index (χ0v) is 32.0. The molecule has 2 aliphatic heterocycles. The predicted molar refractivity (Wildman–Crippen MR) is 190 cm³/mol. The molecule has 2 aromatic carbocycles. The lowest BCUT2D eigenvalue weighted by Crippen LogP contribution is -2.68. The van der Waals surface area contributed by atoms with E-state index in [0.717, 1.165) is 0 Å². The molecule has 2 heterocycles. The number of rotatable bonds is 11. The number of carboxylic acid groups (broad SMARTS) is 1. The number of ether oxygens (including phenoxy) is 4. The van der Waals surface area contributed by atoms with Gasteiger partial charge in [-0.15, -0.1) is 0 Å². The topological polar surface area (TPSA) is 248 Å². The number of halogens is 4. The van der Waals surface area contributed by atoms with Crippen molar-refractivity contribution < 1.29 is 69.7 Å².